The molecule has 0 aromatic heterocycles. The topological polar surface area (TPSA) is 114 Å². The van der Waals surface area contributed by atoms with Crippen molar-refractivity contribution < 1.29 is 32.7 Å². The van der Waals surface area contributed by atoms with E-state index in [0.717, 1.165) is 11.1 Å². The zero-order chi connectivity index (χ0) is 25.8. The van der Waals surface area contributed by atoms with Crippen molar-refractivity contribution in [1.29, 1.82) is 0 Å². The van der Waals surface area contributed by atoms with Crippen molar-refractivity contribution in [2.75, 3.05) is 13.3 Å². The summed E-state index contributed by atoms with van der Waals surface area (Å²) in [6, 6.07) is 24.3. The molecule has 3 rings (SSSR count). The molecule has 8 nitrogen and oxygen atoms in total. The highest BCUT2D eigenvalue weighted by atomic mass is 31.2. The third kappa shape index (κ3) is 8.96. The normalized spacial score (nSPS) is 13.3. The third-order valence-electron chi connectivity index (χ3n) is 5.25. The van der Waals surface area contributed by atoms with Gasteiger partial charge in [0.25, 0.3) is 0 Å². The quantitative estimate of drug-likeness (QED) is 0.261. The fourth-order valence-corrected chi connectivity index (χ4v) is 4.63. The molecular formula is C27H30NO7P. The van der Waals surface area contributed by atoms with E-state index in [1.165, 1.54) is 7.11 Å². The number of carbonyl (C=O) groups is 2. The van der Waals surface area contributed by atoms with Crippen molar-refractivity contribution in [3.8, 4) is 5.75 Å². The predicted octanol–water partition coefficient (Wildman–Crippen LogP) is 4.65. The molecule has 0 aliphatic heterocycles. The Morgan fingerprint density at radius 1 is 0.833 bits per heavy atom. The number of benzene rings is 3. The van der Waals surface area contributed by atoms with Gasteiger partial charge < -0.3 is 24.3 Å². The van der Waals surface area contributed by atoms with E-state index in [1.54, 1.807) is 24.3 Å². The molecule has 2 N–H and O–H groups in total. The summed E-state index contributed by atoms with van der Waals surface area (Å²) in [4.78, 5) is 24.4. The lowest BCUT2D eigenvalue weighted by atomic mass is 10.1. The van der Waals surface area contributed by atoms with E-state index in [4.69, 9.17) is 24.3 Å². The molecular weight excluding hydrogens is 481 g/mol. The molecule has 3 aromatic carbocycles. The summed E-state index contributed by atoms with van der Waals surface area (Å²) in [5.41, 5.74) is 8.30. The van der Waals surface area contributed by atoms with Gasteiger partial charge in [0, 0.05) is 7.11 Å². The number of carbonyl (C=O) groups excluding carboxylic acids is 2. The van der Waals surface area contributed by atoms with Crippen LogP contribution >= 0.6 is 7.60 Å². The van der Waals surface area contributed by atoms with Crippen molar-refractivity contribution >= 4 is 19.5 Å². The Kier molecular flexibility index (Phi) is 10.2. The highest BCUT2D eigenvalue weighted by molar-refractivity contribution is 7.54. The van der Waals surface area contributed by atoms with E-state index in [9.17, 15) is 14.2 Å². The van der Waals surface area contributed by atoms with Crippen molar-refractivity contribution in [1.82, 2.24) is 0 Å². The van der Waals surface area contributed by atoms with Crippen LogP contribution in [0, 0.1) is 0 Å². The van der Waals surface area contributed by atoms with Gasteiger partial charge in [-0.3, -0.25) is 9.59 Å². The first-order valence-electron chi connectivity index (χ1n) is 11.5. The maximum absolute atomic E-state index is 13.1. The summed E-state index contributed by atoms with van der Waals surface area (Å²) in [7, 11) is -2.33. The highest BCUT2D eigenvalue weighted by Crippen LogP contribution is 2.48. The average Bonchev–Trinajstić information content (AvgIpc) is 2.90. The molecule has 0 bridgehead atoms. The SMILES string of the molecule is COP(=O)(CC[C@@H](N)C(=O)OCc1ccccc1)Oc1cccc(CC(=O)OCc2ccccc2)c1. The number of nitrogens with two attached hydrogens (primary N) is 1. The van der Waals surface area contributed by atoms with E-state index < -0.39 is 25.6 Å². The second kappa shape index (κ2) is 13.6. The smallest absolute Gasteiger partial charge is 0.378 e. The maximum atomic E-state index is 13.1. The zero-order valence-electron chi connectivity index (χ0n) is 20.1. The highest BCUT2D eigenvalue weighted by Gasteiger charge is 2.28. The molecule has 0 saturated heterocycles. The lowest BCUT2D eigenvalue weighted by molar-refractivity contribution is -0.146. The molecule has 0 aliphatic carbocycles. The molecule has 0 aliphatic rings. The largest absolute Gasteiger partial charge is 0.461 e. The molecule has 190 valence electrons. The molecule has 0 spiro atoms. The number of ether oxygens (including phenoxy) is 2. The minimum Gasteiger partial charge on any atom is -0.461 e. The molecule has 0 amide bonds. The molecule has 36 heavy (non-hydrogen) atoms. The molecule has 0 heterocycles. The van der Waals surface area contributed by atoms with Gasteiger partial charge in [0.15, 0.2) is 0 Å². The molecule has 0 radical (unpaired) electrons. The minimum absolute atomic E-state index is 0.0272. The van der Waals surface area contributed by atoms with Gasteiger partial charge in [0.05, 0.1) is 12.6 Å². The Balaban J connectivity index is 1.49. The van der Waals surface area contributed by atoms with E-state index in [-0.39, 0.29) is 38.0 Å². The van der Waals surface area contributed by atoms with Crippen LogP contribution in [0.1, 0.15) is 23.1 Å². The van der Waals surface area contributed by atoms with Gasteiger partial charge in [-0.05, 0) is 35.2 Å². The second-order valence-corrected chi connectivity index (χ2v) is 10.3. The number of esters is 2. The second-order valence-electron chi connectivity index (χ2n) is 8.07. The van der Waals surface area contributed by atoms with Crippen LogP contribution in [0.5, 0.6) is 5.75 Å². The Hall–Kier alpha value is -3.45. The van der Waals surface area contributed by atoms with Crippen LogP contribution in [0.25, 0.3) is 0 Å². The molecule has 2 atom stereocenters. The molecule has 1 unspecified atom stereocenters. The molecule has 0 fully saturated rings. The Morgan fingerprint density at radius 3 is 2.03 bits per heavy atom. The first-order chi connectivity index (χ1) is 17.4. The number of hydrogen-bond donors (Lipinski definition) is 1. The van der Waals surface area contributed by atoms with E-state index in [0.29, 0.717) is 5.56 Å². The van der Waals surface area contributed by atoms with E-state index in [1.807, 2.05) is 60.7 Å². The van der Waals surface area contributed by atoms with Gasteiger partial charge in [-0.2, -0.15) is 0 Å². The molecule has 9 heteroatoms. The van der Waals surface area contributed by atoms with Crippen molar-refractivity contribution in [3.63, 3.8) is 0 Å². The van der Waals surface area contributed by atoms with Crippen molar-refractivity contribution in [3.05, 3.63) is 102 Å². The first kappa shape index (κ1) is 27.1. The predicted molar refractivity (Wildman–Crippen MR) is 135 cm³/mol. The summed E-state index contributed by atoms with van der Waals surface area (Å²) in [5.74, 6) is -0.725. The van der Waals surface area contributed by atoms with Crippen LogP contribution in [0.3, 0.4) is 0 Å². The Bertz CT molecular complexity index is 1170. The van der Waals surface area contributed by atoms with Crippen LogP contribution in [-0.2, 0) is 47.8 Å². The molecule has 0 saturated carbocycles. The van der Waals surface area contributed by atoms with Crippen LogP contribution in [0.15, 0.2) is 84.9 Å². The monoisotopic (exact) mass is 511 g/mol. The van der Waals surface area contributed by atoms with Gasteiger partial charge >= 0.3 is 19.5 Å². The number of rotatable bonds is 13. The van der Waals surface area contributed by atoms with E-state index in [2.05, 4.69) is 0 Å². The zero-order valence-corrected chi connectivity index (χ0v) is 21.0. The Morgan fingerprint density at radius 2 is 1.42 bits per heavy atom. The van der Waals surface area contributed by atoms with Crippen molar-refractivity contribution in [2.45, 2.75) is 32.1 Å². The van der Waals surface area contributed by atoms with Crippen LogP contribution in [-0.4, -0.2) is 31.3 Å². The standard InChI is InChI=1S/C27H30NO7P/c1-32-36(31,16-15-25(28)27(30)34-20-22-11-6-3-7-12-22)35-24-14-8-13-23(17-24)18-26(29)33-19-21-9-4-2-5-10-21/h2-14,17,25H,15-16,18-20,28H2,1H3/t25-,36?/m1/s1. The fourth-order valence-electron chi connectivity index (χ4n) is 3.25. The van der Waals surface area contributed by atoms with Crippen LogP contribution in [0.2, 0.25) is 0 Å². The van der Waals surface area contributed by atoms with Crippen LogP contribution < -0.4 is 10.3 Å². The maximum Gasteiger partial charge on any atom is 0.378 e. The lowest BCUT2D eigenvalue weighted by Crippen LogP contribution is -2.33. The van der Waals surface area contributed by atoms with Crippen LogP contribution in [0.4, 0.5) is 0 Å². The van der Waals surface area contributed by atoms with Gasteiger partial charge in [-0.25, -0.2) is 4.57 Å². The average molecular weight is 512 g/mol. The van der Waals surface area contributed by atoms with Gasteiger partial charge in [0.2, 0.25) is 0 Å². The van der Waals surface area contributed by atoms with E-state index >= 15 is 0 Å². The fraction of sp³-hybridized carbons (Fsp3) is 0.259. The molecule has 3 aromatic rings. The first-order valence-corrected chi connectivity index (χ1v) is 13.2. The summed E-state index contributed by atoms with van der Waals surface area (Å²) in [5, 5.41) is 0. The van der Waals surface area contributed by atoms with Crippen molar-refractivity contribution in [2.24, 2.45) is 5.73 Å². The van der Waals surface area contributed by atoms with Gasteiger partial charge in [-0.1, -0.05) is 72.8 Å². The Labute approximate surface area is 210 Å². The third-order valence-corrected chi connectivity index (χ3v) is 7.10. The summed E-state index contributed by atoms with van der Waals surface area (Å²) in [6.45, 7) is 0.287. The summed E-state index contributed by atoms with van der Waals surface area (Å²) >= 11 is 0. The lowest BCUT2D eigenvalue weighted by Gasteiger charge is -2.19. The number of hydrogen-bond acceptors (Lipinski definition) is 8. The van der Waals surface area contributed by atoms with Gasteiger partial charge in [-0.15, -0.1) is 0 Å². The van der Waals surface area contributed by atoms with Gasteiger partial charge in [0.1, 0.15) is 25.0 Å². The minimum atomic E-state index is -3.60. The summed E-state index contributed by atoms with van der Waals surface area (Å²) in [6.07, 6.45) is -0.0157. The summed E-state index contributed by atoms with van der Waals surface area (Å²) < 4.78 is 34.4.